The van der Waals surface area contributed by atoms with Crippen LogP contribution < -0.4 is 0 Å². The Bertz CT molecular complexity index is 472. The summed E-state index contributed by atoms with van der Waals surface area (Å²) in [5.74, 6) is 0.817. The number of hydrogen-bond acceptors (Lipinski definition) is 5. The van der Waals surface area contributed by atoms with Crippen molar-refractivity contribution in [2.24, 2.45) is 5.92 Å². The van der Waals surface area contributed by atoms with Crippen LogP contribution in [0.5, 0.6) is 0 Å². The molecule has 128 valence electrons. The van der Waals surface area contributed by atoms with E-state index in [0.29, 0.717) is 25.3 Å². The highest BCUT2D eigenvalue weighted by Crippen LogP contribution is 2.23. The molecule has 2 rings (SSSR count). The van der Waals surface area contributed by atoms with E-state index < -0.39 is 9.84 Å². The number of hydrogen-bond donors (Lipinski definition) is 0. The zero-order valence-corrected chi connectivity index (χ0v) is 14.5. The van der Waals surface area contributed by atoms with Gasteiger partial charge in [-0.15, -0.1) is 0 Å². The van der Waals surface area contributed by atoms with Gasteiger partial charge in [0.1, 0.15) is 0 Å². The van der Waals surface area contributed by atoms with E-state index in [1.807, 2.05) is 23.9 Å². The first-order valence-corrected chi connectivity index (χ1v) is 9.92. The maximum atomic E-state index is 12.7. The minimum atomic E-state index is -2.97. The fraction of sp³-hybridized carbons (Fsp3) is 0.933. The molecule has 0 saturated carbocycles. The lowest BCUT2D eigenvalue weighted by Crippen LogP contribution is -2.45. The molecule has 2 fully saturated rings. The highest BCUT2D eigenvalue weighted by molar-refractivity contribution is 7.91. The Morgan fingerprint density at radius 3 is 2.36 bits per heavy atom. The number of carbonyl (C=O) groups is 1. The van der Waals surface area contributed by atoms with Crippen LogP contribution in [0.3, 0.4) is 0 Å². The Hall–Kier alpha value is -0.660. The average Bonchev–Trinajstić information content (AvgIpc) is 2.80. The van der Waals surface area contributed by atoms with Gasteiger partial charge >= 0.3 is 0 Å². The second-order valence-corrected chi connectivity index (χ2v) is 8.94. The van der Waals surface area contributed by atoms with Crippen molar-refractivity contribution in [1.82, 2.24) is 9.80 Å². The molecule has 0 radical (unpaired) electrons. The van der Waals surface area contributed by atoms with Crippen LogP contribution in [0.2, 0.25) is 0 Å². The molecule has 2 heterocycles. The third-order valence-corrected chi connectivity index (χ3v) is 6.31. The Balaban J connectivity index is 1.97. The van der Waals surface area contributed by atoms with Gasteiger partial charge < -0.3 is 14.5 Å². The molecule has 7 heteroatoms. The van der Waals surface area contributed by atoms with Crippen molar-refractivity contribution in [3.05, 3.63) is 0 Å². The molecule has 0 aromatic carbocycles. The monoisotopic (exact) mass is 332 g/mol. The zero-order chi connectivity index (χ0) is 16.2. The van der Waals surface area contributed by atoms with Crippen molar-refractivity contribution in [3.8, 4) is 0 Å². The van der Waals surface area contributed by atoms with Gasteiger partial charge in [0.15, 0.2) is 9.84 Å². The van der Waals surface area contributed by atoms with Crippen LogP contribution in [0.1, 0.15) is 25.7 Å². The normalized spacial score (nSPS) is 25.5. The minimum absolute atomic E-state index is 0.107. The molecule has 1 unspecified atom stereocenters. The van der Waals surface area contributed by atoms with Gasteiger partial charge in [0.05, 0.1) is 11.5 Å². The maximum Gasteiger partial charge on any atom is 0.223 e. The van der Waals surface area contributed by atoms with Gasteiger partial charge in [0.2, 0.25) is 5.91 Å². The summed E-state index contributed by atoms with van der Waals surface area (Å²) in [5.41, 5.74) is 0. The summed E-state index contributed by atoms with van der Waals surface area (Å²) in [5, 5.41) is 0. The molecule has 0 bridgehead atoms. The van der Waals surface area contributed by atoms with Crippen molar-refractivity contribution in [3.63, 3.8) is 0 Å². The fourth-order valence-corrected chi connectivity index (χ4v) is 4.89. The van der Waals surface area contributed by atoms with Gasteiger partial charge in [0.25, 0.3) is 0 Å². The summed E-state index contributed by atoms with van der Waals surface area (Å²) in [4.78, 5) is 16.5. The summed E-state index contributed by atoms with van der Waals surface area (Å²) in [6.07, 6.45) is 2.95. The molecule has 2 aliphatic heterocycles. The van der Waals surface area contributed by atoms with Crippen LogP contribution in [-0.4, -0.2) is 82.1 Å². The molecule has 2 saturated heterocycles. The average molecular weight is 332 g/mol. The largest absolute Gasteiger partial charge is 0.381 e. The second-order valence-electron chi connectivity index (χ2n) is 6.71. The molecular weight excluding hydrogens is 304 g/mol. The lowest BCUT2D eigenvalue weighted by molar-refractivity contribution is -0.135. The van der Waals surface area contributed by atoms with Gasteiger partial charge in [-0.1, -0.05) is 0 Å². The van der Waals surface area contributed by atoms with E-state index in [1.54, 1.807) is 0 Å². The smallest absolute Gasteiger partial charge is 0.223 e. The molecule has 6 nitrogen and oxygen atoms in total. The molecule has 0 aromatic heterocycles. The van der Waals surface area contributed by atoms with E-state index in [-0.39, 0.29) is 23.5 Å². The summed E-state index contributed by atoms with van der Waals surface area (Å²) >= 11 is 0. The molecule has 0 aromatic rings. The van der Waals surface area contributed by atoms with Crippen molar-refractivity contribution in [2.75, 3.05) is 51.9 Å². The van der Waals surface area contributed by atoms with Crippen LogP contribution in [-0.2, 0) is 19.4 Å². The number of ether oxygens (including phenoxy) is 1. The molecule has 22 heavy (non-hydrogen) atoms. The molecule has 1 atom stereocenters. The van der Waals surface area contributed by atoms with Crippen LogP contribution in [0.4, 0.5) is 0 Å². The molecule has 0 spiro atoms. The van der Waals surface area contributed by atoms with Gasteiger partial charge in [-0.05, 0) is 39.3 Å². The highest BCUT2D eigenvalue weighted by Gasteiger charge is 2.35. The summed E-state index contributed by atoms with van der Waals surface area (Å²) in [6, 6.07) is -0.141. The van der Waals surface area contributed by atoms with Crippen LogP contribution in [0.15, 0.2) is 0 Å². The number of likely N-dealkylation sites (N-methyl/N-ethyl adjacent to an activating group) is 1. The summed E-state index contributed by atoms with van der Waals surface area (Å²) in [6.45, 7) is 2.83. The molecule has 1 amide bonds. The van der Waals surface area contributed by atoms with Gasteiger partial charge in [-0.3, -0.25) is 4.79 Å². The Kier molecular flexibility index (Phi) is 6.23. The topological polar surface area (TPSA) is 66.9 Å². The molecular formula is C15H28N2O4S. The number of rotatable bonds is 6. The fourth-order valence-electron chi connectivity index (χ4n) is 3.15. The number of carbonyl (C=O) groups excluding carboxylic acids is 1. The lowest BCUT2D eigenvalue weighted by Gasteiger charge is -2.31. The maximum absolute atomic E-state index is 12.7. The minimum Gasteiger partial charge on any atom is -0.381 e. The van der Waals surface area contributed by atoms with Crippen molar-refractivity contribution in [2.45, 2.75) is 31.7 Å². The first kappa shape index (κ1) is 17.7. The van der Waals surface area contributed by atoms with Gasteiger partial charge in [-0.25, -0.2) is 8.42 Å². The Morgan fingerprint density at radius 1 is 1.14 bits per heavy atom. The Labute approximate surface area is 133 Å². The standard InChI is InChI=1S/C15H28N2O4S/c1-16(2)6-7-17(14-5-10-22(19,20)12-14)15(18)11-13-3-8-21-9-4-13/h13-14H,3-12H2,1-2H3. The van der Waals surface area contributed by atoms with E-state index in [1.165, 1.54) is 0 Å². The third kappa shape index (κ3) is 5.21. The quantitative estimate of drug-likeness (QED) is 0.703. The van der Waals surface area contributed by atoms with E-state index in [9.17, 15) is 13.2 Å². The predicted octanol–water partition coefficient (Wildman–Crippen LogP) is 0.380. The number of sulfone groups is 1. The van der Waals surface area contributed by atoms with E-state index in [0.717, 1.165) is 32.6 Å². The van der Waals surface area contributed by atoms with Gasteiger partial charge in [0, 0.05) is 38.8 Å². The van der Waals surface area contributed by atoms with E-state index in [2.05, 4.69) is 0 Å². The molecule has 2 aliphatic rings. The van der Waals surface area contributed by atoms with Gasteiger partial charge in [-0.2, -0.15) is 0 Å². The first-order valence-electron chi connectivity index (χ1n) is 8.10. The van der Waals surface area contributed by atoms with E-state index in [4.69, 9.17) is 4.74 Å². The molecule has 0 N–H and O–H groups in total. The van der Waals surface area contributed by atoms with Crippen molar-refractivity contribution >= 4 is 15.7 Å². The summed E-state index contributed by atoms with van der Waals surface area (Å²) < 4.78 is 28.8. The first-order chi connectivity index (χ1) is 10.4. The summed E-state index contributed by atoms with van der Waals surface area (Å²) in [7, 11) is 0.956. The highest BCUT2D eigenvalue weighted by atomic mass is 32.2. The SMILES string of the molecule is CN(C)CCN(C(=O)CC1CCOCC1)C1CCS(=O)(=O)C1. The second kappa shape index (κ2) is 7.75. The lowest BCUT2D eigenvalue weighted by atomic mass is 9.95. The van der Waals surface area contributed by atoms with Crippen molar-refractivity contribution in [1.29, 1.82) is 0 Å². The van der Waals surface area contributed by atoms with Crippen LogP contribution in [0, 0.1) is 5.92 Å². The predicted molar refractivity (Wildman–Crippen MR) is 85.5 cm³/mol. The van der Waals surface area contributed by atoms with Crippen LogP contribution >= 0.6 is 0 Å². The number of amides is 1. The third-order valence-electron chi connectivity index (χ3n) is 4.56. The number of nitrogens with zero attached hydrogens (tertiary/aromatic N) is 2. The van der Waals surface area contributed by atoms with E-state index >= 15 is 0 Å². The van der Waals surface area contributed by atoms with Crippen molar-refractivity contribution < 1.29 is 17.9 Å². The Morgan fingerprint density at radius 2 is 1.82 bits per heavy atom. The molecule has 0 aliphatic carbocycles. The van der Waals surface area contributed by atoms with Crippen LogP contribution in [0.25, 0.3) is 0 Å². The zero-order valence-electron chi connectivity index (χ0n) is 13.7.